The molecule has 2 aliphatic heterocycles. The quantitative estimate of drug-likeness (QED) is 0.511. The Labute approximate surface area is 197 Å². The van der Waals surface area contributed by atoms with Crippen molar-refractivity contribution in [3.63, 3.8) is 0 Å². The van der Waals surface area contributed by atoms with Gasteiger partial charge in [0.2, 0.25) is 0 Å². The van der Waals surface area contributed by atoms with E-state index in [1.54, 1.807) is 0 Å². The van der Waals surface area contributed by atoms with E-state index in [1.165, 1.54) is 11.8 Å². The van der Waals surface area contributed by atoms with Crippen molar-refractivity contribution in [1.29, 1.82) is 0 Å². The van der Waals surface area contributed by atoms with Gasteiger partial charge in [-0.2, -0.15) is 0 Å². The van der Waals surface area contributed by atoms with Gasteiger partial charge in [-0.3, -0.25) is 5.32 Å². The molecule has 0 bridgehead atoms. The lowest BCUT2D eigenvalue weighted by atomic mass is 9.81. The van der Waals surface area contributed by atoms with E-state index < -0.39 is 5.54 Å². The van der Waals surface area contributed by atoms with E-state index in [4.69, 9.17) is 27.9 Å². The van der Waals surface area contributed by atoms with Gasteiger partial charge in [0.05, 0.1) is 18.2 Å². The molecule has 0 amide bonds. The number of rotatable bonds is 5. The topological polar surface area (TPSA) is 41.6 Å². The minimum absolute atomic E-state index is 0.0648. The van der Waals surface area contributed by atoms with Crippen molar-refractivity contribution in [3.05, 3.63) is 80.3 Å². The van der Waals surface area contributed by atoms with Crippen LogP contribution in [0.15, 0.2) is 59.1 Å². The molecule has 2 aromatic carbocycles. The zero-order chi connectivity index (χ0) is 22.3. The average molecular weight is 477 g/mol. The first-order valence-electron chi connectivity index (χ1n) is 10.4. The van der Waals surface area contributed by atoms with Crippen LogP contribution in [0.5, 0.6) is 0 Å². The van der Waals surface area contributed by atoms with Crippen LogP contribution in [0.2, 0.25) is 10.0 Å². The number of benzene rings is 2. The van der Waals surface area contributed by atoms with Gasteiger partial charge in [0.15, 0.2) is 0 Å². The number of allylic oxidation sites excluding steroid dienone is 1. The van der Waals surface area contributed by atoms with Crippen molar-refractivity contribution >= 4 is 40.9 Å². The highest BCUT2D eigenvalue weighted by atomic mass is 35.5. The number of carbonyl (C=O) groups is 1. The second kappa shape index (κ2) is 8.70. The molecule has 164 valence electrons. The molecular weight excluding hydrogens is 451 g/mol. The molecule has 1 fully saturated rings. The Hall–Kier alpha value is -1.66. The number of fused-ring (bicyclic) bond motifs is 1. The molecule has 0 aromatic heterocycles. The van der Waals surface area contributed by atoms with Gasteiger partial charge in [-0.1, -0.05) is 73.1 Å². The molecule has 4 rings (SSSR count). The Morgan fingerprint density at radius 1 is 1.19 bits per heavy atom. The summed E-state index contributed by atoms with van der Waals surface area (Å²) in [6, 6.07) is 15.8. The maximum absolute atomic E-state index is 12.8. The Bertz CT molecular complexity index is 1020. The molecule has 31 heavy (non-hydrogen) atoms. The molecule has 0 aliphatic carbocycles. The minimum atomic E-state index is -0.434. The minimum Gasteiger partial charge on any atom is -0.462 e. The fraction of sp³-hybridized carbons (Fsp3) is 0.375. The number of hydrogen-bond acceptors (Lipinski definition) is 5. The van der Waals surface area contributed by atoms with Gasteiger partial charge < -0.3 is 9.64 Å². The zero-order valence-electron chi connectivity index (χ0n) is 18.0. The third-order valence-electron chi connectivity index (χ3n) is 5.86. The van der Waals surface area contributed by atoms with E-state index in [1.807, 2.05) is 37.3 Å². The summed E-state index contributed by atoms with van der Waals surface area (Å²) in [5.74, 6) is -0.109. The lowest BCUT2D eigenvalue weighted by Gasteiger charge is -2.37. The number of halogens is 2. The maximum atomic E-state index is 12.8. The summed E-state index contributed by atoms with van der Waals surface area (Å²) >= 11 is 14.1. The number of nitrogens with one attached hydrogen (secondary N) is 1. The van der Waals surface area contributed by atoms with E-state index >= 15 is 0 Å². The van der Waals surface area contributed by atoms with E-state index in [0.717, 1.165) is 16.8 Å². The Morgan fingerprint density at radius 3 is 2.52 bits per heavy atom. The predicted octanol–water partition coefficient (Wildman–Crippen LogP) is 6.32. The molecule has 3 atom stereocenters. The molecule has 1 N–H and O–H groups in total. The fourth-order valence-corrected chi connectivity index (χ4v) is 6.37. The van der Waals surface area contributed by atoms with Gasteiger partial charge >= 0.3 is 5.97 Å². The number of carbonyl (C=O) groups excluding carboxylic acids is 1. The molecule has 0 saturated carbocycles. The van der Waals surface area contributed by atoms with Gasteiger partial charge in [-0.05, 0) is 55.2 Å². The number of hydrogen-bond donors (Lipinski definition) is 1. The van der Waals surface area contributed by atoms with Gasteiger partial charge in [-0.25, -0.2) is 4.79 Å². The highest BCUT2D eigenvalue weighted by molar-refractivity contribution is 8.04. The average Bonchev–Trinajstić information content (AvgIpc) is 3.22. The predicted molar refractivity (Wildman–Crippen MR) is 128 cm³/mol. The lowest BCUT2D eigenvalue weighted by molar-refractivity contribution is -0.137. The first-order chi connectivity index (χ1) is 14.8. The summed E-state index contributed by atoms with van der Waals surface area (Å²) in [7, 11) is 0. The van der Waals surface area contributed by atoms with Gasteiger partial charge in [0.1, 0.15) is 10.4 Å². The zero-order valence-corrected chi connectivity index (χ0v) is 20.3. The summed E-state index contributed by atoms with van der Waals surface area (Å²) < 4.78 is 5.37. The summed E-state index contributed by atoms with van der Waals surface area (Å²) in [5, 5.41) is 5.18. The van der Waals surface area contributed by atoms with Crippen molar-refractivity contribution in [2.24, 2.45) is 5.92 Å². The van der Waals surface area contributed by atoms with Crippen LogP contribution in [0, 0.1) is 5.92 Å². The van der Waals surface area contributed by atoms with Crippen LogP contribution >= 0.6 is 35.0 Å². The molecular formula is C24H26Cl2N2O2S. The Kier molecular flexibility index (Phi) is 6.32. The van der Waals surface area contributed by atoms with Gasteiger partial charge in [0.25, 0.3) is 0 Å². The molecule has 1 saturated heterocycles. The van der Waals surface area contributed by atoms with Crippen molar-refractivity contribution < 1.29 is 9.53 Å². The van der Waals surface area contributed by atoms with E-state index in [-0.39, 0.29) is 23.4 Å². The second-order valence-electron chi connectivity index (χ2n) is 8.28. The third-order valence-corrected chi connectivity index (χ3v) is 7.53. The largest absolute Gasteiger partial charge is 0.462 e. The van der Waals surface area contributed by atoms with Crippen LogP contribution in [0.4, 0.5) is 0 Å². The van der Waals surface area contributed by atoms with Crippen molar-refractivity contribution in [3.8, 4) is 0 Å². The highest BCUT2D eigenvalue weighted by Gasteiger charge is 2.56. The summed E-state index contributed by atoms with van der Waals surface area (Å²) in [5.41, 5.74) is 2.69. The third kappa shape index (κ3) is 3.97. The SMILES string of the molecule is CCOC(=O)C1=C(C(C)C)N2C(N[C@@](C)(c3cccc(Cl)c3)[C@H]2c2ccc(Cl)cc2)S1. The van der Waals surface area contributed by atoms with Crippen molar-refractivity contribution in [1.82, 2.24) is 10.2 Å². The van der Waals surface area contributed by atoms with Gasteiger partial charge in [0, 0.05) is 15.7 Å². The molecule has 0 spiro atoms. The normalized spacial score (nSPS) is 25.3. The smallest absolute Gasteiger partial charge is 0.346 e. The Balaban J connectivity index is 1.88. The van der Waals surface area contributed by atoms with Crippen molar-refractivity contribution in [2.75, 3.05) is 6.61 Å². The molecule has 4 nitrogen and oxygen atoms in total. The molecule has 2 heterocycles. The summed E-state index contributed by atoms with van der Waals surface area (Å²) in [6.45, 7) is 8.61. The van der Waals surface area contributed by atoms with Crippen LogP contribution in [0.25, 0.3) is 0 Å². The summed E-state index contributed by atoms with van der Waals surface area (Å²) in [6.07, 6.45) is 0. The van der Waals surface area contributed by atoms with Crippen LogP contribution in [-0.2, 0) is 15.1 Å². The Morgan fingerprint density at radius 2 is 1.90 bits per heavy atom. The van der Waals surface area contributed by atoms with Gasteiger partial charge in [-0.15, -0.1) is 0 Å². The number of thioether (sulfide) groups is 1. The second-order valence-corrected chi connectivity index (χ2v) is 10.2. The molecule has 7 heteroatoms. The molecule has 1 unspecified atom stereocenters. The number of ether oxygens (including phenoxy) is 1. The highest BCUT2D eigenvalue weighted by Crippen LogP contribution is 2.56. The monoisotopic (exact) mass is 476 g/mol. The van der Waals surface area contributed by atoms with E-state index in [9.17, 15) is 4.79 Å². The van der Waals surface area contributed by atoms with Crippen LogP contribution < -0.4 is 5.32 Å². The van der Waals surface area contributed by atoms with Crippen LogP contribution in [0.1, 0.15) is 44.9 Å². The first kappa shape index (κ1) is 22.5. The molecule has 2 aromatic rings. The van der Waals surface area contributed by atoms with Crippen LogP contribution in [0.3, 0.4) is 0 Å². The van der Waals surface area contributed by atoms with Crippen LogP contribution in [-0.4, -0.2) is 23.0 Å². The summed E-state index contributed by atoms with van der Waals surface area (Å²) in [4.78, 5) is 15.8. The number of esters is 1. The molecule has 2 aliphatic rings. The fourth-order valence-electron chi connectivity index (χ4n) is 4.56. The van der Waals surface area contributed by atoms with Crippen molar-refractivity contribution in [2.45, 2.75) is 44.8 Å². The van der Waals surface area contributed by atoms with E-state index in [2.05, 4.69) is 49.2 Å². The molecule has 0 radical (unpaired) electrons. The first-order valence-corrected chi connectivity index (χ1v) is 12.0. The number of nitrogens with zero attached hydrogens (tertiary/aromatic N) is 1. The van der Waals surface area contributed by atoms with E-state index in [0.29, 0.717) is 21.6 Å². The lowest BCUT2D eigenvalue weighted by Crippen LogP contribution is -2.40. The maximum Gasteiger partial charge on any atom is 0.346 e. The standard InChI is InChI=1S/C24H26Cl2N2O2S/c1-5-30-22(29)20-19(14(2)3)28-21(15-9-11-17(25)12-10-15)24(4,27-23(28)31-20)16-7-6-8-18(26)13-16/h6-14,21,23,27H,5H2,1-4H3/t21-,23?,24+/m1/s1.